The van der Waals surface area contributed by atoms with E-state index < -0.39 is 32.2 Å². The molecule has 68 heavy (non-hydrogen) atoms. The second-order valence-electron chi connectivity index (χ2n) is 24.6. The Balaban J connectivity index is 0.975. The van der Waals surface area contributed by atoms with Gasteiger partial charge in [0.2, 0.25) is 5.91 Å². The lowest BCUT2D eigenvalue weighted by atomic mass is 9.33. The number of allylic oxidation sites excluding steroid dienone is 1. The van der Waals surface area contributed by atoms with Crippen molar-refractivity contribution in [3.05, 3.63) is 76.9 Å². The second kappa shape index (κ2) is 16.9. The summed E-state index contributed by atoms with van der Waals surface area (Å²) < 4.78 is 36.3. The van der Waals surface area contributed by atoms with E-state index in [1.165, 1.54) is 24.3 Å². The number of sulfone groups is 1. The molecule has 6 aliphatic rings. The van der Waals surface area contributed by atoms with E-state index >= 15 is 0 Å². The Morgan fingerprint density at radius 1 is 0.765 bits per heavy atom. The van der Waals surface area contributed by atoms with Crippen LogP contribution in [0.1, 0.15) is 156 Å². The lowest BCUT2D eigenvalue weighted by molar-refractivity contribution is -0.235. The average molecular weight is 953 g/mol. The van der Waals surface area contributed by atoms with Gasteiger partial charge in [0.25, 0.3) is 5.91 Å². The van der Waals surface area contributed by atoms with Gasteiger partial charge in [0.1, 0.15) is 18.2 Å². The zero-order valence-corrected chi connectivity index (χ0v) is 43.4. The van der Waals surface area contributed by atoms with Crippen molar-refractivity contribution in [1.29, 1.82) is 0 Å². The molecule has 2 amide bonds. The molecular formula is C56H76N2O9S. The third-order valence-electron chi connectivity index (χ3n) is 19.6. The van der Waals surface area contributed by atoms with Crippen LogP contribution < -0.4 is 10.6 Å². The van der Waals surface area contributed by atoms with Crippen molar-refractivity contribution < 1.29 is 41.9 Å². The number of nitrogens with one attached hydrogen (secondary N) is 2. The van der Waals surface area contributed by atoms with Crippen LogP contribution in [0.5, 0.6) is 0 Å². The number of hydrogen-bond acceptors (Lipinski definition) is 9. The molecule has 370 valence electrons. The first-order valence-corrected chi connectivity index (χ1v) is 27.1. The van der Waals surface area contributed by atoms with Gasteiger partial charge in [-0.15, -0.1) is 0 Å². The minimum atomic E-state index is -3.44. The summed E-state index contributed by atoms with van der Waals surface area (Å²) in [5.41, 5.74) is -0.143. The lowest BCUT2D eigenvalue weighted by Gasteiger charge is -2.72. The van der Waals surface area contributed by atoms with Crippen LogP contribution in [-0.4, -0.2) is 61.4 Å². The number of amides is 2. The van der Waals surface area contributed by atoms with Gasteiger partial charge in [0, 0.05) is 23.7 Å². The maximum Gasteiger partial charge on any atom is 0.309 e. The summed E-state index contributed by atoms with van der Waals surface area (Å²) >= 11 is 0. The largest absolute Gasteiger partial charge is 0.462 e. The third-order valence-corrected chi connectivity index (χ3v) is 20.7. The Kier molecular flexibility index (Phi) is 12.5. The molecule has 0 bridgehead atoms. The van der Waals surface area contributed by atoms with Crippen molar-refractivity contribution in [2.24, 2.45) is 62.6 Å². The maximum atomic E-state index is 14.5. The normalized spacial score (nSPS) is 34.9. The summed E-state index contributed by atoms with van der Waals surface area (Å²) in [5.74, 6) is -1.20. The third kappa shape index (κ3) is 7.98. The minimum absolute atomic E-state index is 0.00636. The molecule has 11 nitrogen and oxygen atoms in total. The van der Waals surface area contributed by atoms with Crippen molar-refractivity contribution in [3.63, 3.8) is 0 Å². The van der Waals surface area contributed by atoms with Crippen LogP contribution in [0.25, 0.3) is 0 Å². The Bertz CT molecular complexity index is 2530. The second-order valence-corrected chi connectivity index (χ2v) is 26.7. The monoisotopic (exact) mass is 953 g/mol. The van der Waals surface area contributed by atoms with Crippen LogP contribution in [0.2, 0.25) is 0 Å². The van der Waals surface area contributed by atoms with Gasteiger partial charge in [-0.25, -0.2) is 8.42 Å². The zero-order chi connectivity index (χ0) is 49.8. The van der Waals surface area contributed by atoms with Crippen molar-refractivity contribution in [3.8, 4) is 0 Å². The molecule has 0 saturated heterocycles. The van der Waals surface area contributed by atoms with E-state index in [0.29, 0.717) is 24.7 Å². The molecule has 0 spiro atoms. The Morgan fingerprint density at radius 2 is 1.41 bits per heavy atom. The molecule has 2 aromatic rings. The number of carbonyl (C=O) groups excluding carboxylic acids is 5. The summed E-state index contributed by atoms with van der Waals surface area (Å²) in [6.45, 7) is 23.8. The first kappa shape index (κ1) is 50.1. The molecule has 0 aliphatic heterocycles. The highest BCUT2D eigenvalue weighted by molar-refractivity contribution is 7.90. The topological polar surface area (TPSA) is 162 Å². The van der Waals surface area contributed by atoms with Gasteiger partial charge < -0.3 is 20.1 Å². The molecule has 8 rings (SSSR count). The number of hydrogen-bond donors (Lipinski definition) is 2. The lowest BCUT2D eigenvalue weighted by Crippen LogP contribution is -2.68. The van der Waals surface area contributed by atoms with Gasteiger partial charge in [0.15, 0.2) is 15.6 Å². The molecule has 1 unspecified atom stereocenters. The molecule has 0 radical (unpaired) electrons. The van der Waals surface area contributed by atoms with Crippen LogP contribution in [-0.2, 0) is 45.1 Å². The maximum absolute atomic E-state index is 14.5. The number of carbonyl (C=O) groups is 5. The smallest absolute Gasteiger partial charge is 0.309 e. The van der Waals surface area contributed by atoms with E-state index in [2.05, 4.69) is 59.1 Å². The highest BCUT2D eigenvalue weighted by Gasteiger charge is 2.71. The van der Waals surface area contributed by atoms with Gasteiger partial charge in [-0.1, -0.05) is 92.6 Å². The SMILES string of the molecule is CC(C)C1=C2[C@H]3CC[C@@H]4[C@@]5(C)CC[C@H](OC(=O)[C@H]6C[C@@H](C(=O)OCc7ccccc7)C6(C)C)C(C)(C)C5CC[C@@]4(C)[C@]3(C)CC[C@@]2(NC(=O)C(C)(C)NC(=O)c2ccc(S(C)(=O)=O)cc2)CC1=O. The molecule has 12 heteroatoms. The Labute approximate surface area is 405 Å². The van der Waals surface area contributed by atoms with Crippen molar-refractivity contribution in [1.82, 2.24) is 10.6 Å². The summed E-state index contributed by atoms with van der Waals surface area (Å²) in [6.07, 6.45) is 8.61. The van der Waals surface area contributed by atoms with Gasteiger partial charge in [-0.2, -0.15) is 0 Å². The fourth-order valence-corrected chi connectivity index (χ4v) is 16.0. The van der Waals surface area contributed by atoms with Crippen LogP contribution in [0.15, 0.2) is 70.6 Å². The number of ketones is 1. The zero-order valence-electron chi connectivity index (χ0n) is 42.6. The standard InChI is InChI=1S/C56H76N2O9S/c1-33(2)44-40(59)31-56(58-49(63)52(7,8)57-46(60)35-18-20-36(21-19-35)68(12,64)65)29-28-54(10)37(45(44)56)22-23-42-53(9)26-25-43(51(5,6)41(53)24-27-55(42,54)11)67-48(62)39-30-38(50(39,3)4)47(61)66-32-34-16-14-13-15-17-34/h13-21,33,37-39,41-43H,22-32H2,1-12H3,(H,57,60)(H,58,63)/t37-,38+,39-,41?,42-,43+,53+,54-,55-,56-/m1/s1. The molecule has 5 fully saturated rings. The highest BCUT2D eigenvalue weighted by atomic mass is 32.2. The van der Waals surface area contributed by atoms with Crippen molar-refractivity contribution in [2.75, 3.05) is 6.26 Å². The van der Waals surface area contributed by atoms with E-state index in [9.17, 15) is 32.4 Å². The predicted octanol–water partition coefficient (Wildman–Crippen LogP) is 9.77. The highest BCUT2D eigenvalue weighted by Crippen LogP contribution is 2.76. The fourth-order valence-electron chi connectivity index (χ4n) is 15.4. The van der Waals surface area contributed by atoms with Crippen molar-refractivity contribution >= 4 is 39.4 Å². The van der Waals surface area contributed by atoms with E-state index in [0.717, 1.165) is 67.9 Å². The first-order chi connectivity index (χ1) is 31.5. The summed E-state index contributed by atoms with van der Waals surface area (Å²) in [7, 11) is -3.44. The summed E-state index contributed by atoms with van der Waals surface area (Å²) in [5, 5.41) is 6.30. The number of esters is 2. The predicted molar refractivity (Wildman–Crippen MR) is 260 cm³/mol. The molecule has 5 saturated carbocycles. The van der Waals surface area contributed by atoms with Gasteiger partial charge in [-0.3, -0.25) is 24.0 Å². The Hall–Kier alpha value is -4.32. The molecule has 10 atom stereocenters. The molecular weight excluding hydrogens is 877 g/mol. The van der Waals surface area contributed by atoms with Gasteiger partial charge in [-0.05, 0) is 158 Å². The Morgan fingerprint density at radius 3 is 2.03 bits per heavy atom. The number of ether oxygens (including phenoxy) is 2. The quantitative estimate of drug-likeness (QED) is 0.209. The van der Waals surface area contributed by atoms with E-state index in [4.69, 9.17) is 9.47 Å². The van der Waals surface area contributed by atoms with Crippen molar-refractivity contribution in [2.45, 2.75) is 169 Å². The molecule has 2 N–H and O–H groups in total. The number of fused-ring (bicyclic) bond motifs is 7. The average Bonchev–Trinajstić information content (AvgIpc) is 3.55. The fraction of sp³-hybridized carbons (Fsp3) is 0.661. The van der Waals surface area contributed by atoms with Crippen LogP contribution in [0.3, 0.4) is 0 Å². The van der Waals surface area contributed by atoms with Gasteiger partial charge in [0.05, 0.1) is 22.3 Å². The van der Waals surface area contributed by atoms with E-state index in [-0.39, 0.29) is 98.6 Å². The molecule has 2 aromatic carbocycles. The van der Waals surface area contributed by atoms with Crippen LogP contribution in [0, 0.1) is 62.6 Å². The van der Waals surface area contributed by atoms with E-state index in [1.807, 2.05) is 44.2 Å². The first-order valence-electron chi connectivity index (χ1n) is 25.2. The number of benzene rings is 2. The molecule has 6 aliphatic carbocycles. The summed E-state index contributed by atoms with van der Waals surface area (Å²) in [6, 6.07) is 15.3. The van der Waals surface area contributed by atoms with E-state index in [1.54, 1.807) is 13.8 Å². The minimum Gasteiger partial charge on any atom is -0.462 e. The van der Waals surface area contributed by atoms with Crippen LogP contribution >= 0.6 is 0 Å². The number of Topliss-reactive ketones (excluding diaryl/α,β-unsaturated/α-hetero) is 1. The van der Waals surface area contributed by atoms with Crippen LogP contribution in [0.4, 0.5) is 0 Å². The van der Waals surface area contributed by atoms with Gasteiger partial charge >= 0.3 is 11.9 Å². The molecule has 0 aromatic heterocycles. The molecule has 0 heterocycles. The number of rotatable bonds is 11. The summed E-state index contributed by atoms with van der Waals surface area (Å²) in [4.78, 5) is 69.6.